The second-order valence-electron chi connectivity index (χ2n) is 4.59. The minimum Gasteiger partial charge on any atom is -0.507 e. The molecule has 1 aromatic carbocycles. The lowest BCUT2D eigenvalue weighted by molar-refractivity contribution is -0.582. The molecule has 3 rings (SSSR count). The quantitative estimate of drug-likeness (QED) is 0.322. The molecule has 9 heteroatoms. The molecule has 0 bridgehead atoms. The van der Waals surface area contributed by atoms with E-state index in [2.05, 4.69) is 20.6 Å². The van der Waals surface area contributed by atoms with Crippen LogP contribution in [0.1, 0.15) is 11.4 Å². The first-order valence-corrected chi connectivity index (χ1v) is 7.32. The molecule has 2 aromatic heterocycles. The molecule has 0 saturated carbocycles. The van der Waals surface area contributed by atoms with E-state index in [1.807, 2.05) is 6.92 Å². The molecule has 2 heterocycles. The molecule has 0 unspecified atom stereocenters. The number of fused-ring (bicyclic) bond motifs is 1. The van der Waals surface area contributed by atoms with Gasteiger partial charge in [0.1, 0.15) is 5.75 Å². The molecule has 0 aliphatic carbocycles. The van der Waals surface area contributed by atoms with Gasteiger partial charge < -0.3 is 16.2 Å². The summed E-state index contributed by atoms with van der Waals surface area (Å²) < 4.78 is 1.70. The summed E-state index contributed by atoms with van der Waals surface area (Å²) in [7, 11) is 0. The van der Waals surface area contributed by atoms with Crippen LogP contribution in [0.2, 0.25) is 0 Å². The number of aromatic nitrogens is 4. The first-order chi connectivity index (χ1) is 9.95. The second-order valence-corrected chi connectivity index (χ2v) is 5.98. The maximum Gasteiger partial charge on any atom is 0.384 e. The number of phenolic OH excluding ortho intramolecular Hbond substituents is 1. The van der Waals surface area contributed by atoms with E-state index in [4.69, 9.17) is 18.0 Å². The van der Waals surface area contributed by atoms with Gasteiger partial charge in [-0.1, -0.05) is 9.61 Å². The Morgan fingerprint density at radius 2 is 2.24 bits per heavy atom. The van der Waals surface area contributed by atoms with E-state index in [9.17, 15) is 5.11 Å². The summed E-state index contributed by atoms with van der Waals surface area (Å²) in [5.74, 6) is 1.00. The minimum atomic E-state index is 0.172. The number of nitrogens with two attached hydrogens (primary N) is 1. The molecular weight excluding hydrogens is 308 g/mol. The van der Waals surface area contributed by atoms with Crippen LogP contribution in [0.4, 0.5) is 5.69 Å². The van der Waals surface area contributed by atoms with Gasteiger partial charge in [-0.05, 0) is 48.2 Å². The maximum atomic E-state index is 10.3. The number of anilines is 1. The van der Waals surface area contributed by atoms with Gasteiger partial charge in [-0.2, -0.15) is 0 Å². The van der Waals surface area contributed by atoms with Crippen molar-refractivity contribution in [2.45, 2.75) is 13.8 Å². The maximum absolute atomic E-state index is 10.3. The largest absolute Gasteiger partial charge is 0.507 e. The molecule has 5 N–H and O–H groups in total. The summed E-state index contributed by atoms with van der Waals surface area (Å²) in [6.45, 7) is 3.68. The third-order valence-electron chi connectivity index (χ3n) is 2.99. The fourth-order valence-electron chi connectivity index (χ4n) is 2.01. The van der Waals surface area contributed by atoms with E-state index in [1.165, 1.54) is 11.3 Å². The molecule has 0 spiro atoms. The molecular formula is C12H13N6OS2+. The lowest BCUT2D eigenvalue weighted by Crippen LogP contribution is -2.24. The van der Waals surface area contributed by atoms with Crippen LogP contribution in [0.25, 0.3) is 15.5 Å². The average Bonchev–Trinajstić information content (AvgIpc) is 2.96. The molecule has 0 aliphatic heterocycles. The first kappa shape index (κ1) is 13.7. The normalized spacial score (nSPS) is 11.0. The Kier molecular flexibility index (Phi) is 3.22. The number of hydrogen-bond acceptors (Lipinski definition) is 5. The number of phenols is 1. The Balaban J connectivity index is 2.15. The molecule has 21 heavy (non-hydrogen) atoms. The van der Waals surface area contributed by atoms with Gasteiger partial charge in [0.05, 0.1) is 10.7 Å². The lowest BCUT2D eigenvalue weighted by Gasteiger charge is -2.09. The molecule has 0 saturated heterocycles. The van der Waals surface area contributed by atoms with Crippen LogP contribution < -0.4 is 15.6 Å². The lowest BCUT2D eigenvalue weighted by atomic mass is 10.1. The predicted octanol–water partition coefficient (Wildman–Crippen LogP) is 1.25. The number of nitrogens with zero attached hydrogens (tertiary/aromatic N) is 3. The SMILES string of the molecule is Cc1cc(NC(N)=S)cc(-c2n[n+]3c(C)[nH]nc3s2)c1O. The number of hydrogen-bond donors (Lipinski definition) is 4. The number of nitrogens with one attached hydrogen (secondary N) is 2. The molecule has 0 fully saturated rings. The van der Waals surface area contributed by atoms with Crippen molar-refractivity contribution in [3.63, 3.8) is 0 Å². The van der Waals surface area contributed by atoms with Crippen molar-refractivity contribution in [2.24, 2.45) is 5.73 Å². The Morgan fingerprint density at radius 3 is 2.90 bits per heavy atom. The Morgan fingerprint density at radius 1 is 1.48 bits per heavy atom. The Bertz CT molecular complexity index is 853. The van der Waals surface area contributed by atoms with Crippen LogP contribution in [0.3, 0.4) is 0 Å². The zero-order valence-electron chi connectivity index (χ0n) is 11.3. The van der Waals surface area contributed by atoms with Crippen LogP contribution in [-0.4, -0.2) is 25.5 Å². The van der Waals surface area contributed by atoms with Gasteiger partial charge in [-0.3, -0.25) is 0 Å². The van der Waals surface area contributed by atoms with Crippen LogP contribution in [0.15, 0.2) is 12.1 Å². The number of aromatic hydroxyl groups is 1. The highest BCUT2D eigenvalue weighted by atomic mass is 32.1. The highest BCUT2D eigenvalue weighted by molar-refractivity contribution is 7.80. The van der Waals surface area contributed by atoms with Crippen LogP contribution in [-0.2, 0) is 0 Å². The number of aryl methyl sites for hydroxylation is 2. The van der Waals surface area contributed by atoms with Crippen molar-refractivity contribution in [2.75, 3.05) is 5.32 Å². The zero-order valence-corrected chi connectivity index (χ0v) is 13.0. The van der Waals surface area contributed by atoms with E-state index in [0.717, 1.165) is 10.8 Å². The Hall–Kier alpha value is -2.26. The number of rotatable bonds is 2. The topological polar surface area (TPSA) is 104 Å². The fourth-order valence-corrected chi connectivity index (χ4v) is 3.05. The van der Waals surface area contributed by atoms with E-state index < -0.39 is 0 Å². The van der Waals surface area contributed by atoms with Gasteiger partial charge in [0.15, 0.2) is 10.1 Å². The van der Waals surface area contributed by atoms with E-state index in [1.54, 1.807) is 23.6 Å². The van der Waals surface area contributed by atoms with E-state index in [0.29, 0.717) is 21.8 Å². The number of aromatic amines is 1. The molecule has 0 amide bonds. The first-order valence-electron chi connectivity index (χ1n) is 6.10. The van der Waals surface area contributed by atoms with Gasteiger partial charge in [-0.25, -0.2) is 0 Å². The fraction of sp³-hybridized carbons (Fsp3) is 0.167. The third kappa shape index (κ3) is 2.41. The van der Waals surface area contributed by atoms with Crippen molar-refractivity contribution in [1.82, 2.24) is 15.3 Å². The smallest absolute Gasteiger partial charge is 0.384 e. The minimum absolute atomic E-state index is 0.172. The molecule has 0 radical (unpaired) electrons. The summed E-state index contributed by atoms with van der Waals surface area (Å²) in [6, 6.07) is 3.54. The summed E-state index contributed by atoms with van der Waals surface area (Å²) in [5.41, 5.74) is 7.53. The second kappa shape index (κ2) is 4.93. The molecule has 0 atom stereocenters. The van der Waals surface area contributed by atoms with Crippen molar-refractivity contribution in [3.8, 4) is 16.3 Å². The summed E-state index contributed by atoms with van der Waals surface area (Å²) in [4.78, 5) is 0.729. The van der Waals surface area contributed by atoms with Gasteiger partial charge >= 0.3 is 4.96 Å². The monoisotopic (exact) mass is 321 g/mol. The predicted molar refractivity (Wildman–Crippen MR) is 84.4 cm³/mol. The number of thiocarbonyl (C=S) groups is 1. The van der Waals surface area contributed by atoms with Gasteiger partial charge in [-0.15, -0.1) is 5.10 Å². The summed E-state index contributed by atoms with van der Waals surface area (Å²) >= 11 is 6.22. The highest BCUT2D eigenvalue weighted by Crippen LogP contribution is 2.36. The van der Waals surface area contributed by atoms with Crippen molar-refractivity contribution in [3.05, 3.63) is 23.5 Å². The van der Waals surface area contributed by atoms with Gasteiger partial charge in [0.25, 0.3) is 5.82 Å². The van der Waals surface area contributed by atoms with Crippen LogP contribution in [0.5, 0.6) is 5.75 Å². The standard InChI is InChI=1S/C12H12N6OS2/c1-5-3-7(14-11(13)20)4-8(9(5)19)10-17-18-6(2)15-16-12(18)21-10/h3-4H,1-2H3,(H4,13,14,17,19,20)/p+1. The molecule has 3 aromatic rings. The Labute approximate surface area is 129 Å². The van der Waals surface area contributed by atoms with Gasteiger partial charge in [0, 0.05) is 12.6 Å². The van der Waals surface area contributed by atoms with Gasteiger partial charge in [0.2, 0.25) is 0 Å². The average molecular weight is 321 g/mol. The molecule has 0 aliphatic rings. The highest BCUT2D eigenvalue weighted by Gasteiger charge is 2.20. The van der Waals surface area contributed by atoms with Crippen LogP contribution in [0, 0.1) is 13.8 Å². The zero-order chi connectivity index (χ0) is 15.1. The number of H-pyrrole nitrogens is 1. The van der Waals surface area contributed by atoms with Crippen molar-refractivity contribution in [1.29, 1.82) is 0 Å². The molecule has 7 nitrogen and oxygen atoms in total. The van der Waals surface area contributed by atoms with Crippen molar-refractivity contribution < 1.29 is 9.62 Å². The van der Waals surface area contributed by atoms with Crippen molar-refractivity contribution >= 4 is 39.3 Å². The summed E-state index contributed by atoms with van der Waals surface area (Å²) in [6.07, 6.45) is 0. The number of benzene rings is 1. The summed E-state index contributed by atoms with van der Waals surface area (Å²) in [5, 5.41) is 25.4. The molecule has 108 valence electrons. The van der Waals surface area contributed by atoms with E-state index >= 15 is 0 Å². The van der Waals surface area contributed by atoms with Crippen LogP contribution >= 0.6 is 23.6 Å². The third-order valence-corrected chi connectivity index (χ3v) is 4.03. The van der Waals surface area contributed by atoms with E-state index in [-0.39, 0.29) is 10.9 Å².